The molecule has 0 unspecified atom stereocenters. The maximum atomic E-state index is 12.6. The fourth-order valence-corrected chi connectivity index (χ4v) is 4.44. The molecule has 0 amide bonds. The van der Waals surface area contributed by atoms with Crippen molar-refractivity contribution in [3.8, 4) is 0 Å². The lowest BCUT2D eigenvalue weighted by Crippen LogP contribution is -2.68. The van der Waals surface area contributed by atoms with Gasteiger partial charge in [-0.15, -0.1) is 6.58 Å². The Morgan fingerprint density at radius 2 is 2.00 bits per heavy atom. The van der Waals surface area contributed by atoms with Crippen molar-refractivity contribution < 1.29 is 19.1 Å². The van der Waals surface area contributed by atoms with Crippen molar-refractivity contribution in [2.45, 2.75) is 24.4 Å². The van der Waals surface area contributed by atoms with Gasteiger partial charge in [-0.25, -0.2) is 0 Å². The quantitative estimate of drug-likeness (QED) is 0.439. The van der Waals surface area contributed by atoms with Gasteiger partial charge in [0.2, 0.25) is 0 Å². The number of piperidine rings is 1. The van der Waals surface area contributed by atoms with E-state index in [0.717, 1.165) is 0 Å². The van der Waals surface area contributed by atoms with Gasteiger partial charge in [0.1, 0.15) is 5.54 Å². The lowest BCUT2D eigenvalue weighted by atomic mass is 9.59. The molecule has 5 atom stereocenters. The van der Waals surface area contributed by atoms with E-state index in [1.807, 2.05) is 17.1 Å². The Kier molecular flexibility index (Phi) is 2.35. The van der Waals surface area contributed by atoms with Crippen LogP contribution in [0.5, 0.6) is 0 Å². The average molecular weight is 285 g/mol. The van der Waals surface area contributed by atoms with Gasteiger partial charge in [-0.05, 0) is 18.9 Å². The number of nitrogens with zero attached hydrogens (tertiary/aromatic N) is 1. The third-order valence-corrected chi connectivity index (χ3v) is 5.28. The molecule has 0 N–H and O–H groups in total. The molecule has 0 spiro atoms. The zero-order valence-corrected chi connectivity index (χ0v) is 11.4. The lowest BCUT2D eigenvalue weighted by molar-refractivity contribution is -0.153. The van der Waals surface area contributed by atoms with Crippen molar-refractivity contribution in [3.63, 3.8) is 0 Å². The van der Waals surface area contributed by atoms with Crippen LogP contribution >= 0.6 is 0 Å². The largest absolute Gasteiger partial charge is 0.393 e. The van der Waals surface area contributed by atoms with Crippen molar-refractivity contribution >= 4 is 17.7 Å². The lowest BCUT2D eigenvalue weighted by Gasteiger charge is -2.56. The first-order chi connectivity index (χ1) is 10.1. The molecule has 5 heteroatoms. The maximum absolute atomic E-state index is 12.6. The van der Waals surface area contributed by atoms with Gasteiger partial charge in [-0.3, -0.25) is 14.4 Å². The Bertz CT molecular complexity index is 634. The predicted octanol–water partition coefficient (Wildman–Crippen LogP) is 0.974. The Hall–Kier alpha value is -2.17. The van der Waals surface area contributed by atoms with E-state index in [4.69, 9.17) is 4.74 Å². The summed E-state index contributed by atoms with van der Waals surface area (Å²) in [4.78, 5) is 38.6. The number of allylic oxidation sites excluding steroid dienone is 1. The van der Waals surface area contributed by atoms with Gasteiger partial charge in [0.25, 0.3) is 0 Å². The van der Waals surface area contributed by atoms with Crippen LogP contribution in [0.15, 0.2) is 37.1 Å². The summed E-state index contributed by atoms with van der Waals surface area (Å²) in [6.45, 7) is 3.72. The second kappa shape index (κ2) is 3.93. The van der Waals surface area contributed by atoms with Crippen LogP contribution in [-0.2, 0) is 19.1 Å². The topological polar surface area (TPSA) is 63.7 Å². The summed E-state index contributed by atoms with van der Waals surface area (Å²) in [5, 5.41) is 0. The molecule has 21 heavy (non-hydrogen) atoms. The SMILES string of the molecule is C=CCC[C@]12C(=O)C=CN1[C@@H]1C=C[C@H]2[C@H]2C(=O)OC(=O)[C@H]21. The molecular weight excluding hydrogens is 270 g/mol. The standard InChI is InChI=1S/C16H15NO4/c1-2-3-7-16-9-4-5-10(17(16)8-6-11(16)18)13-12(9)14(19)21-15(13)20/h2,4-6,8-10,12-13H,1,3,7H2/t9-,10+,12+,13-,16-/m0/s1. The number of esters is 2. The number of rotatable bonds is 3. The molecule has 4 aliphatic heterocycles. The number of ether oxygens (including phenoxy) is 1. The molecule has 5 aliphatic rings. The first-order valence-corrected chi connectivity index (χ1v) is 7.17. The molecule has 2 fully saturated rings. The summed E-state index contributed by atoms with van der Waals surface area (Å²) >= 11 is 0. The molecular formula is C16H15NO4. The average Bonchev–Trinajstić information content (AvgIpc) is 2.98. The summed E-state index contributed by atoms with van der Waals surface area (Å²) in [7, 11) is 0. The maximum Gasteiger partial charge on any atom is 0.319 e. The highest BCUT2D eigenvalue weighted by Gasteiger charge is 2.68. The minimum absolute atomic E-state index is 0.00861. The summed E-state index contributed by atoms with van der Waals surface area (Å²) < 4.78 is 4.84. The van der Waals surface area contributed by atoms with Crippen LogP contribution in [0, 0.1) is 17.8 Å². The molecule has 2 saturated heterocycles. The molecule has 5 nitrogen and oxygen atoms in total. The first kappa shape index (κ1) is 12.6. The number of carbonyl (C=O) groups is 3. The van der Waals surface area contributed by atoms with E-state index in [2.05, 4.69) is 6.58 Å². The van der Waals surface area contributed by atoms with Crippen LogP contribution in [-0.4, -0.2) is 34.2 Å². The molecule has 0 aromatic heterocycles. The van der Waals surface area contributed by atoms with Crippen LogP contribution in [0.3, 0.4) is 0 Å². The van der Waals surface area contributed by atoms with Crippen LogP contribution in [0.2, 0.25) is 0 Å². The van der Waals surface area contributed by atoms with E-state index in [9.17, 15) is 14.4 Å². The van der Waals surface area contributed by atoms with Gasteiger partial charge in [0, 0.05) is 12.1 Å². The molecule has 1 aliphatic carbocycles. The van der Waals surface area contributed by atoms with Crippen LogP contribution in [0.4, 0.5) is 0 Å². The van der Waals surface area contributed by atoms with E-state index in [1.54, 1.807) is 18.4 Å². The van der Waals surface area contributed by atoms with E-state index in [-0.39, 0.29) is 17.7 Å². The van der Waals surface area contributed by atoms with Crippen molar-refractivity contribution in [2.24, 2.45) is 17.8 Å². The molecule has 0 aromatic rings. The summed E-state index contributed by atoms with van der Waals surface area (Å²) in [6, 6.07) is -0.272. The minimum atomic E-state index is -0.752. The zero-order valence-electron chi connectivity index (χ0n) is 11.4. The van der Waals surface area contributed by atoms with Crippen molar-refractivity contribution in [1.82, 2.24) is 4.90 Å². The highest BCUT2D eigenvalue weighted by Crippen LogP contribution is 2.55. The Morgan fingerprint density at radius 1 is 1.24 bits per heavy atom. The van der Waals surface area contributed by atoms with Gasteiger partial charge in [-0.2, -0.15) is 0 Å². The molecule has 0 aromatic carbocycles. The first-order valence-electron chi connectivity index (χ1n) is 7.17. The smallest absolute Gasteiger partial charge is 0.319 e. The minimum Gasteiger partial charge on any atom is -0.393 e. The fourth-order valence-electron chi connectivity index (χ4n) is 4.44. The summed E-state index contributed by atoms with van der Waals surface area (Å²) in [5.41, 5.74) is -0.752. The van der Waals surface area contributed by atoms with Crippen molar-refractivity contribution in [3.05, 3.63) is 37.1 Å². The predicted molar refractivity (Wildman–Crippen MR) is 72.6 cm³/mol. The zero-order chi connectivity index (χ0) is 14.8. The summed E-state index contributed by atoms with van der Waals surface area (Å²) in [5.74, 6) is -2.27. The summed E-state index contributed by atoms with van der Waals surface area (Å²) in [6.07, 6.45) is 10.2. The van der Waals surface area contributed by atoms with Gasteiger partial charge in [0.15, 0.2) is 5.78 Å². The van der Waals surface area contributed by atoms with Crippen molar-refractivity contribution in [1.29, 1.82) is 0 Å². The van der Waals surface area contributed by atoms with E-state index in [0.29, 0.717) is 12.8 Å². The fraction of sp³-hybridized carbons (Fsp3) is 0.438. The second-order valence-electron chi connectivity index (χ2n) is 6.03. The van der Waals surface area contributed by atoms with Crippen LogP contribution < -0.4 is 0 Å². The highest BCUT2D eigenvalue weighted by atomic mass is 16.6. The van der Waals surface area contributed by atoms with Gasteiger partial charge in [-0.1, -0.05) is 18.2 Å². The number of hydrogen-bond donors (Lipinski definition) is 0. The Morgan fingerprint density at radius 3 is 2.76 bits per heavy atom. The van der Waals surface area contributed by atoms with Crippen molar-refractivity contribution in [2.75, 3.05) is 0 Å². The Balaban J connectivity index is 1.85. The van der Waals surface area contributed by atoms with E-state index in [1.165, 1.54) is 0 Å². The second-order valence-corrected chi connectivity index (χ2v) is 6.03. The molecule has 0 saturated carbocycles. The van der Waals surface area contributed by atoms with Gasteiger partial charge in [0.05, 0.1) is 17.9 Å². The number of hydrogen-bond acceptors (Lipinski definition) is 5. The van der Waals surface area contributed by atoms with E-state index >= 15 is 0 Å². The van der Waals surface area contributed by atoms with Gasteiger partial charge >= 0.3 is 11.9 Å². The molecule has 5 rings (SSSR count). The third-order valence-electron chi connectivity index (χ3n) is 5.28. The number of cyclic esters (lactones) is 2. The highest BCUT2D eigenvalue weighted by molar-refractivity contribution is 6.04. The molecule has 2 bridgehead atoms. The van der Waals surface area contributed by atoms with Crippen LogP contribution in [0.25, 0.3) is 0 Å². The monoisotopic (exact) mass is 285 g/mol. The van der Waals surface area contributed by atoms with E-state index < -0.39 is 29.3 Å². The van der Waals surface area contributed by atoms with Gasteiger partial charge < -0.3 is 9.64 Å². The number of ketones is 1. The molecule has 108 valence electrons. The third kappa shape index (κ3) is 1.29. The van der Waals surface area contributed by atoms with Crippen LogP contribution in [0.1, 0.15) is 12.8 Å². The Labute approximate surface area is 121 Å². The normalized spacial score (nSPS) is 42.3. The number of carbonyl (C=O) groups excluding carboxylic acids is 3. The molecule has 0 radical (unpaired) electrons. The molecule has 4 heterocycles.